The van der Waals surface area contributed by atoms with E-state index in [9.17, 15) is 24.3 Å². The number of hydrogen-bond donors (Lipinski definition) is 3. The van der Waals surface area contributed by atoms with Crippen LogP contribution in [-0.2, 0) is 23.9 Å². The summed E-state index contributed by atoms with van der Waals surface area (Å²) in [6.07, 6.45) is 6.15. The molecule has 1 aromatic carbocycles. The maximum atomic E-state index is 14.2. The van der Waals surface area contributed by atoms with Crippen molar-refractivity contribution in [3.63, 3.8) is 0 Å². The molecule has 1 rings (SSSR count). The average molecular weight is 596 g/mol. The molecule has 2 atom stereocenters. The first kappa shape index (κ1) is 36.1. The Bertz CT molecular complexity index is 968. The molecule has 3 amide bonds. The second-order valence-corrected chi connectivity index (χ2v) is 11.8. The summed E-state index contributed by atoms with van der Waals surface area (Å²) in [5.74, 6) is -0.812. The molecule has 0 fully saturated rings. The number of benzene rings is 1. The van der Waals surface area contributed by atoms with Crippen LogP contribution in [0.4, 0.5) is 4.79 Å². The highest BCUT2D eigenvalue weighted by Crippen LogP contribution is 2.27. The Morgan fingerprint density at radius 3 is 2.39 bits per heavy atom. The van der Waals surface area contributed by atoms with E-state index in [4.69, 9.17) is 9.47 Å². The van der Waals surface area contributed by atoms with Crippen LogP contribution < -0.4 is 10.6 Å². The third kappa shape index (κ3) is 14.5. The van der Waals surface area contributed by atoms with Gasteiger partial charge in [0.2, 0.25) is 11.8 Å². The predicted molar refractivity (Wildman–Crippen MR) is 162 cm³/mol. The fraction of sp³-hybridized carbons (Fsp3) is 0.667. The van der Waals surface area contributed by atoms with Gasteiger partial charge in [-0.3, -0.25) is 14.4 Å². The molecule has 0 aliphatic rings. The fourth-order valence-electron chi connectivity index (χ4n) is 4.18. The van der Waals surface area contributed by atoms with Gasteiger partial charge in [-0.15, -0.1) is 0 Å². The van der Waals surface area contributed by atoms with Crippen molar-refractivity contribution in [2.45, 2.75) is 97.2 Å². The van der Waals surface area contributed by atoms with E-state index in [1.54, 1.807) is 39.8 Å². The Balaban J connectivity index is 3.41. The number of rotatable bonds is 18. The first-order valence-electron chi connectivity index (χ1n) is 14.4. The molecule has 0 saturated carbocycles. The molecule has 2 unspecified atom stereocenters. The maximum Gasteiger partial charge on any atom is 0.408 e. The van der Waals surface area contributed by atoms with Crippen molar-refractivity contribution in [2.24, 2.45) is 0 Å². The summed E-state index contributed by atoms with van der Waals surface area (Å²) >= 11 is 1.54. The number of phenols is 1. The number of nitrogens with one attached hydrogen (secondary N) is 2. The number of alkyl carbamates (subject to hydrolysis) is 1. The zero-order valence-electron chi connectivity index (χ0n) is 25.5. The minimum atomic E-state index is -1.10. The molecule has 0 spiro atoms. The van der Waals surface area contributed by atoms with Gasteiger partial charge in [-0.2, -0.15) is 11.8 Å². The highest BCUT2D eigenvalue weighted by atomic mass is 32.2. The van der Waals surface area contributed by atoms with Crippen molar-refractivity contribution in [3.05, 3.63) is 29.8 Å². The van der Waals surface area contributed by atoms with Gasteiger partial charge in [0, 0.05) is 13.1 Å². The van der Waals surface area contributed by atoms with Gasteiger partial charge in [-0.05, 0) is 70.2 Å². The quantitative estimate of drug-likeness (QED) is 0.160. The Morgan fingerprint density at radius 1 is 1.07 bits per heavy atom. The second kappa shape index (κ2) is 19.2. The molecule has 41 heavy (non-hydrogen) atoms. The van der Waals surface area contributed by atoms with Crippen molar-refractivity contribution in [2.75, 3.05) is 31.7 Å². The number of aromatic hydroxyl groups is 1. The molecular formula is C30H49N3O7S. The molecule has 0 saturated heterocycles. The van der Waals surface area contributed by atoms with Gasteiger partial charge >= 0.3 is 12.1 Å². The Kier molecular flexibility index (Phi) is 16.9. The van der Waals surface area contributed by atoms with E-state index >= 15 is 0 Å². The van der Waals surface area contributed by atoms with Gasteiger partial charge in [-0.1, -0.05) is 44.7 Å². The lowest BCUT2D eigenvalue weighted by atomic mass is 10.0. The maximum absolute atomic E-state index is 14.2. The number of unbranched alkanes of at least 4 members (excludes halogenated alkanes) is 4. The van der Waals surface area contributed by atoms with Crippen LogP contribution in [-0.4, -0.2) is 77.2 Å². The number of nitrogens with zero attached hydrogens (tertiary/aromatic N) is 1. The molecule has 11 heteroatoms. The van der Waals surface area contributed by atoms with Crippen LogP contribution in [0.3, 0.4) is 0 Å². The van der Waals surface area contributed by atoms with Crippen LogP contribution in [0.25, 0.3) is 0 Å². The lowest BCUT2D eigenvalue weighted by Gasteiger charge is -2.34. The number of ether oxygens (including phenoxy) is 2. The summed E-state index contributed by atoms with van der Waals surface area (Å²) in [5, 5.41) is 15.7. The Morgan fingerprint density at radius 2 is 1.78 bits per heavy atom. The van der Waals surface area contributed by atoms with Gasteiger partial charge in [0.15, 0.2) is 0 Å². The summed E-state index contributed by atoms with van der Waals surface area (Å²) < 4.78 is 10.4. The van der Waals surface area contributed by atoms with E-state index in [2.05, 4.69) is 17.6 Å². The number of carbonyl (C=O) groups excluding carboxylic acids is 4. The molecule has 10 nitrogen and oxygen atoms in total. The van der Waals surface area contributed by atoms with Crippen LogP contribution >= 0.6 is 11.8 Å². The number of thioether (sulfide) groups is 1. The van der Waals surface area contributed by atoms with Crippen molar-refractivity contribution in [1.29, 1.82) is 0 Å². The fourth-order valence-corrected chi connectivity index (χ4v) is 4.65. The molecule has 0 aliphatic heterocycles. The normalized spacial score (nSPS) is 12.6. The van der Waals surface area contributed by atoms with Crippen molar-refractivity contribution < 1.29 is 33.8 Å². The highest BCUT2D eigenvalue weighted by Gasteiger charge is 2.36. The zero-order chi connectivity index (χ0) is 30.8. The molecule has 1 aromatic rings. The largest absolute Gasteiger partial charge is 0.508 e. The van der Waals surface area contributed by atoms with Gasteiger partial charge < -0.3 is 30.1 Å². The number of phenolic OH excluding ortho intramolecular Hbond substituents is 1. The number of carbonyl (C=O) groups is 4. The standard InChI is InChI=1S/C30H49N3O7S/c1-7-9-10-11-12-19-33(28(37)24(17-20-41-6)32-29(38)40-30(3,4)5)26(22-14-13-15-23(34)21-22)27(36)31-18-16-25(35)39-8-2/h13-15,21,24,26,34H,7-12,16-20H2,1-6H3,(H,31,36)(H,32,38). The molecule has 0 bridgehead atoms. The second-order valence-electron chi connectivity index (χ2n) is 10.8. The van der Waals surface area contributed by atoms with Crippen LogP contribution in [0.15, 0.2) is 24.3 Å². The van der Waals surface area contributed by atoms with Crippen LogP contribution in [0.2, 0.25) is 0 Å². The molecule has 0 heterocycles. The smallest absolute Gasteiger partial charge is 0.408 e. The summed E-state index contributed by atoms with van der Waals surface area (Å²) in [4.78, 5) is 53.9. The third-order valence-corrected chi connectivity index (χ3v) is 6.71. The van der Waals surface area contributed by atoms with Gasteiger partial charge in [0.25, 0.3) is 0 Å². The van der Waals surface area contributed by atoms with Gasteiger partial charge in [0.05, 0.1) is 13.0 Å². The lowest BCUT2D eigenvalue weighted by molar-refractivity contribution is -0.144. The molecule has 3 N–H and O–H groups in total. The van der Waals surface area contributed by atoms with E-state index in [1.165, 1.54) is 28.8 Å². The minimum absolute atomic E-state index is 0.0200. The lowest BCUT2D eigenvalue weighted by Crippen LogP contribution is -2.53. The first-order chi connectivity index (χ1) is 19.4. The summed E-state index contributed by atoms with van der Waals surface area (Å²) in [5.41, 5.74) is -0.333. The summed E-state index contributed by atoms with van der Waals surface area (Å²) in [6.45, 7) is 9.58. The van der Waals surface area contributed by atoms with Crippen LogP contribution in [0, 0.1) is 0 Å². The van der Waals surface area contributed by atoms with Crippen LogP contribution in [0.1, 0.15) is 91.2 Å². The van der Waals surface area contributed by atoms with Crippen molar-refractivity contribution in [1.82, 2.24) is 15.5 Å². The average Bonchev–Trinajstić information content (AvgIpc) is 2.89. The molecule has 0 aliphatic carbocycles. The van der Waals surface area contributed by atoms with E-state index in [0.29, 0.717) is 24.2 Å². The SMILES string of the molecule is CCCCCCCN(C(=O)C(CCSC)NC(=O)OC(C)(C)C)C(C(=O)NCCC(=O)OCC)c1cccc(O)c1. The van der Waals surface area contributed by atoms with E-state index < -0.39 is 41.6 Å². The summed E-state index contributed by atoms with van der Waals surface area (Å²) in [7, 11) is 0. The topological polar surface area (TPSA) is 134 Å². The van der Waals surface area contributed by atoms with E-state index in [0.717, 1.165) is 25.7 Å². The van der Waals surface area contributed by atoms with E-state index in [1.807, 2.05) is 6.26 Å². The van der Waals surface area contributed by atoms with Crippen molar-refractivity contribution in [3.8, 4) is 5.75 Å². The third-order valence-electron chi connectivity index (χ3n) is 6.07. The molecular weight excluding hydrogens is 546 g/mol. The van der Waals surface area contributed by atoms with Crippen molar-refractivity contribution >= 4 is 35.6 Å². The van der Waals surface area contributed by atoms with Gasteiger partial charge in [0.1, 0.15) is 23.4 Å². The molecule has 0 aromatic heterocycles. The Labute approximate surface area is 249 Å². The monoisotopic (exact) mass is 595 g/mol. The number of amides is 3. The van der Waals surface area contributed by atoms with Crippen LogP contribution in [0.5, 0.6) is 5.75 Å². The van der Waals surface area contributed by atoms with E-state index in [-0.39, 0.29) is 31.9 Å². The zero-order valence-corrected chi connectivity index (χ0v) is 26.3. The first-order valence-corrected chi connectivity index (χ1v) is 15.8. The number of hydrogen-bond acceptors (Lipinski definition) is 8. The molecule has 0 radical (unpaired) electrons. The Hall–Kier alpha value is -2.95. The highest BCUT2D eigenvalue weighted by molar-refractivity contribution is 7.98. The predicted octanol–water partition coefficient (Wildman–Crippen LogP) is 4.95. The minimum Gasteiger partial charge on any atom is -0.508 e. The number of esters is 1. The summed E-state index contributed by atoms with van der Waals surface area (Å²) in [6, 6.07) is 4.19. The van der Waals surface area contributed by atoms with Gasteiger partial charge in [-0.25, -0.2) is 4.79 Å². The molecule has 232 valence electrons.